The van der Waals surface area contributed by atoms with Crippen molar-refractivity contribution in [2.75, 3.05) is 13.2 Å². The Labute approximate surface area is 205 Å². The van der Waals surface area contributed by atoms with Crippen LogP contribution in [0.25, 0.3) is 11.1 Å². The van der Waals surface area contributed by atoms with Crippen molar-refractivity contribution in [2.24, 2.45) is 0 Å². The van der Waals surface area contributed by atoms with Crippen LogP contribution in [0.4, 0.5) is 4.79 Å². The Morgan fingerprint density at radius 2 is 1.71 bits per heavy atom. The van der Waals surface area contributed by atoms with E-state index in [2.05, 4.69) is 39.9 Å². The van der Waals surface area contributed by atoms with E-state index in [1.807, 2.05) is 24.3 Å². The maximum absolute atomic E-state index is 12.3. The summed E-state index contributed by atoms with van der Waals surface area (Å²) >= 11 is 1.28. The number of rotatable bonds is 10. The fourth-order valence-corrected chi connectivity index (χ4v) is 4.84. The Bertz CT molecular complexity index is 1180. The zero-order valence-electron chi connectivity index (χ0n) is 18.8. The van der Waals surface area contributed by atoms with E-state index in [1.54, 1.807) is 5.38 Å². The molecule has 1 aromatic heterocycles. The Morgan fingerprint density at radius 3 is 2.34 bits per heavy atom. The number of carboxylic acid groups (broad SMARTS) is 1. The summed E-state index contributed by atoms with van der Waals surface area (Å²) in [5.74, 6) is -1.75. The molecule has 0 spiro atoms. The third-order valence-corrected chi connectivity index (χ3v) is 6.62. The number of hydrogen-bond donors (Lipinski definition) is 4. The van der Waals surface area contributed by atoms with E-state index in [0.29, 0.717) is 10.7 Å². The van der Waals surface area contributed by atoms with Gasteiger partial charge in [-0.15, -0.1) is 11.3 Å². The number of carbonyl (C=O) groups excluding carboxylic acids is 2. The van der Waals surface area contributed by atoms with E-state index in [-0.39, 0.29) is 38.5 Å². The highest BCUT2D eigenvalue weighted by atomic mass is 32.1. The van der Waals surface area contributed by atoms with Crippen molar-refractivity contribution in [1.29, 1.82) is 0 Å². The molecule has 9 nitrogen and oxygen atoms in total. The standard InChI is InChI=1S/C25H25N3O6S/c29-10-9-21(24(31)32)28-22(30)11-15-14-35-23(27-15)12-26-25(33)34-13-20-18-7-3-1-5-16(18)17-6-2-4-8-19(17)20/h1-8,14,20-21,29H,9-13H2,(H,26,33)(H,28,30)(H,31,32)/t21-/m1/s1. The van der Waals surface area contributed by atoms with Crippen molar-refractivity contribution in [3.8, 4) is 11.1 Å². The lowest BCUT2D eigenvalue weighted by Gasteiger charge is -2.14. The molecule has 4 rings (SSSR count). The first-order valence-corrected chi connectivity index (χ1v) is 12.0. The number of nitrogens with zero attached hydrogens (tertiary/aromatic N) is 1. The van der Waals surface area contributed by atoms with E-state index in [9.17, 15) is 14.4 Å². The number of thiazole rings is 1. The molecule has 0 radical (unpaired) electrons. The molecule has 0 saturated carbocycles. The lowest BCUT2D eigenvalue weighted by molar-refractivity contribution is -0.142. The van der Waals surface area contributed by atoms with Gasteiger partial charge in [-0.1, -0.05) is 48.5 Å². The lowest BCUT2D eigenvalue weighted by Crippen LogP contribution is -2.42. The number of aliphatic hydroxyl groups is 1. The molecule has 2 amide bonds. The molecule has 1 heterocycles. The molecule has 0 fully saturated rings. The molecule has 0 aliphatic heterocycles. The number of aliphatic carboxylic acids is 1. The minimum Gasteiger partial charge on any atom is -0.480 e. The molecule has 1 aliphatic rings. The monoisotopic (exact) mass is 495 g/mol. The summed E-state index contributed by atoms with van der Waals surface area (Å²) in [6, 6.07) is 15.0. The Hall–Kier alpha value is -3.76. The first-order valence-electron chi connectivity index (χ1n) is 11.1. The Morgan fingerprint density at radius 1 is 1.06 bits per heavy atom. The quantitative estimate of drug-likeness (QED) is 0.339. The number of amides is 2. The SMILES string of the molecule is O=C(Cc1csc(CNC(=O)OCC2c3ccccc3-c3ccccc32)n1)N[C@H](CCO)C(=O)O. The van der Waals surface area contributed by atoms with Crippen LogP contribution in [0.15, 0.2) is 53.9 Å². The molecule has 182 valence electrons. The molecular formula is C25H25N3O6S. The minimum absolute atomic E-state index is 0.0291. The van der Waals surface area contributed by atoms with Crippen LogP contribution < -0.4 is 10.6 Å². The highest BCUT2D eigenvalue weighted by Gasteiger charge is 2.29. The number of fused-ring (bicyclic) bond motifs is 3. The van der Waals surface area contributed by atoms with Crippen molar-refractivity contribution in [3.63, 3.8) is 0 Å². The molecular weight excluding hydrogens is 470 g/mol. The van der Waals surface area contributed by atoms with Gasteiger partial charge < -0.3 is 25.6 Å². The van der Waals surface area contributed by atoms with Crippen molar-refractivity contribution in [1.82, 2.24) is 15.6 Å². The van der Waals surface area contributed by atoms with Crippen LogP contribution in [0.5, 0.6) is 0 Å². The second kappa shape index (κ2) is 11.1. The largest absolute Gasteiger partial charge is 0.480 e. The van der Waals surface area contributed by atoms with Gasteiger partial charge in [0, 0.05) is 24.3 Å². The minimum atomic E-state index is -1.21. The molecule has 0 unspecified atom stereocenters. The van der Waals surface area contributed by atoms with Gasteiger partial charge in [0.05, 0.1) is 18.7 Å². The number of ether oxygens (including phenoxy) is 1. The summed E-state index contributed by atoms with van der Waals surface area (Å²) in [5.41, 5.74) is 5.04. The summed E-state index contributed by atoms with van der Waals surface area (Å²) in [7, 11) is 0. The maximum Gasteiger partial charge on any atom is 0.407 e. The van der Waals surface area contributed by atoms with Crippen LogP contribution in [0, 0.1) is 0 Å². The van der Waals surface area contributed by atoms with Crippen LogP contribution in [-0.4, -0.2) is 52.4 Å². The Balaban J connectivity index is 1.27. The maximum atomic E-state index is 12.3. The Kier molecular flexibility index (Phi) is 7.74. The zero-order valence-corrected chi connectivity index (χ0v) is 19.6. The summed E-state index contributed by atoms with van der Waals surface area (Å²) in [6.45, 7) is 0.00654. The van der Waals surface area contributed by atoms with Gasteiger partial charge in [-0.3, -0.25) is 4.79 Å². The summed E-state index contributed by atoms with van der Waals surface area (Å²) in [6.07, 6.45) is -0.737. The molecule has 3 aromatic rings. The topological polar surface area (TPSA) is 138 Å². The van der Waals surface area contributed by atoms with Gasteiger partial charge in [-0.25, -0.2) is 14.6 Å². The van der Waals surface area contributed by atoms with E-state index in [1.165, 1.54) is 11.3 Å². The van der Waals surface area contributed by atoms with E-state index >= 15 is 0 Å². The second-order valence-corrected chi connectivity index (χ2v) is 9.00. The lowest BCUT2D eigenvalue weighted by atomic mass is 9.98. The average molecular weight is 496 g/mol. The van der Waals surface area contributed by atoms with Gasteiger partial charge in [0.25, 0.3) is 0 Å². The smallest absolute Gasteiger partial charge is 0.407 e. The molecule has 35 heavy (non-hydrogen) atoms. The number of alkyl carbamates (subject to hydrolysis) is 1. The van der Waals surface area contributed by atoms with Gasteiger partial charge in [-0.05, 0) is 22.3 Å². The first kappa shape index (κ1) is 24.4. The average Bonchev–Trinajstić information content (AvgIpc) is 3.43. The third kappa shape index (κ3) is 5.84. The molecule has 2 aromatic carbocycles. The van der Waals surface area contributed by atoms with Crippen molar-refractivity contribution in [2.45, 2.75) is 31.3 Å². The molecule has 0 saturated heterocycles. The highest BCUT2D eigenvalue weighted by Crippen LogP contribution is 2.44. The van der Waals surface area contributed by atoms with Gasteiger partial charge in [0.15, 0.2) is 0 Å². The third-order valence-electron chi connectivity index (χ3n) is 5.72. The van der Waals surface area contributed by atoms with Gasteiger partial charge >= 0.3 is 12.1 Å². The number of carboxylic acids is 1. The normalized spacial score (nSPS) is 12.9. The van der Waals surface area contributed by atoms with Gasteiger partial charge in [-0.2, -0.15) is 0 Å². The molecule has 10 heteroatoms. The fourth-order valence-electron chi connectivity index (χ4n) is 4.10. The van der Waals surface area contributed by atoms with Gasteiger partial charge in [0.1, 0.15) is 17.7 Å². The number of aliphatic hydroxyl groups excluding tert-OH is 1. The second-order valence-electron chi connectivity index (χ2n) is 8.06. The fraction of sp³-hybridized carbons (Fsp3) is 0.280. The predicted molar refractivity (Wildman–Crippen MR) is 129 cm³/mol. The van der Waals surface area contributed by atoms with E-state index < -0.39 is 24.0 Å². The molecule has 1 aliphatic carbocycles. The number of carbonyl (C=O) groups is 3. The zero-order chi connectivity index (χ0) is 24.8. The van der Waals surface area contributed by atoms with Crippen molar-refractivity contribution in [3.05, 3.63) is 75.7 Å². The van der Waals surface area contributed by atoms with Gasteiger partial charge in [0.2, 0.25) is 5.91 Å². The molecule has 0 bridgehead atoms. The predicted octanol–water partition coefficient (Wildman–Crippen LogP) is 2.68. The van der Waals surface area contributed by atoms with Crippen molar-refractivity contribution >= 4 is 29.3 Å². The van der Waals surface area contributed by atoms with E-state index in [0.717, 1.165) is 22.3 Å². The van der Waals surface area contributed by atoms with E-state index in [4.69, 9.17) is 14.9 Å². The summed E-state index contributed by atoms with van der Waals surface area (Å²) in [5, 5.41) is 25.3. The van der Waals surface area contributed by atoms with Crippen LogP contribution in [-0.2, 0) is 27.3 Å². The van der Waals surface area contributed by atoms with Crippen LogP contribution >= 0.6 is 11.3 Å². The van der Waals surface area contributed by atoms with Crippen LogP contribution in [0.3, 0.4) is 0 Å². The summed E-state index contributed by atoms with van der Waals surface area (Å²) < 4.78 is 5.51. The molecule has 4 N–H and O–H groups in total. The molecule has 1 atom stereocenters. The van der Waals surface area contributed by atoms with Crippen molar-refractivity contribution < 1.29 is 29.3 Å². The number of benzene rings is 2. The highest BCUT2D eigenvalue weighted by molar-refractivity contribution is 7.09. The summed E-state index contributed by atoms with van der Waals surface area (Å²) in [4.78, 5) is 39.8. The van der Waals surface area contributed by atoms with Crippen LogP contribution in [0.1, 0.15) is 34.2 Å². The number of nitrogens with one attached hydrogen (secondary N) is 2. The first-order chi connectivity index (χ1) is 17.0. The van der Waals surface area contributed by atoms with Crippen LogP contribution in [0.2, 0.25) is 0 Å². The number of aromatic nitrogens is 1. The number of hydrogen-bond acceptors (Lipinski definition) is 7.